The van der Waals surface area contributed by atoms with Crippen molar-refractivity contribution in [1.29, 1.82) is 0 Å². The summed E-state index contributed by atoms with van der Waals surface area (Å²) < 4.78 is 0. The Morgan fingerprint density at radius 1 is 1.29 bits per heavy atom. The third kappa shape index (κ3) is 3.63. The van der Waals surface area contributed by atoms with Crippen molar-refractivity contribution in [1.82, 2.24) is 25.0 Å². The first-order valence-electron chi connectivity index (χ1n) is 6.91. The molecule has 3 heterocycles. The van der Waals surface area contributed by atoms with Gasteiger partial charge >= 0.3 is 0 Å². The number of rotatable bonds is 3. The number of carbonyl (C=O) groups is 1. The van der Waals surface area contributed by atoms with Crippen LogP contribution in [0.25, 0.3) is 0 Å². The molecule has 21 heavy (non-hydrogen) atoms. The number of carbonyl (C=O) groups excluding carboxylic acids is 1. The Kier molecular flexibility index (Phi) is 4.57. The number of hydrogen-bond donors (Lipinski definition) is 0. The van der Waals surface area contributed by atoms with Crippen LogP contribution in [0.15, 0.2) is 10.9 Å². The molecule has 0 saturated carbocycles. The molecule has 0 radical (unpaired) electrons. The molecule has 0 aliphatic carbocycles. The molecule has 8 heteroatoms. The monoisotopic (exact) mass is 323 g/mol. The van der Waals surface area contributed by atoms with Crippen LogP contribution in [0.1, 0.15) is 26.9 Å². The van der Waals surface area contributed by atoms with Crippen molar-refractivity contribution in [2.75, 3.05) is 26.2 Å². The maximum absolute atomic E-state index is 12.3. The van der Waals surface area contributed by atoms with Crippen molar-refractivity contribution in [3.8, 4) is 0 Å². The van der Waals surface area contributed by atoms with Crippen molar-refractivity contribution >= 4 is 28.6 Å². The second-order valence-corrected chi connectivity index (χ2v) is 7.00. The molecule has 6 nitrogen and oxygen atoms in total. The van der Waals surface area contributed by atoms with E-state index >= 15 is 0 Å². The Balaban J connectivity index is 1.58. The lowest BCUT2D eigenvalue weighted by atomic mass is 10.3. The average molecular weight is 323 g/mol. The number of thiazole rings is 1. The van der Waals surface area contributed by atoms with Gasteiger partial charge in [0.1, 0.15) is 15.7 Å². The summed E-state index contributed by atoms with van der Waals surface area (Å²) in [6.07, 6.45) is 0.980. The summed E-state index contributed by atoms with van der Waals surface area (Å²) >= 11 is 3.10. The fourth-order valence-corrected chi connectivity index (χ4v) is 3.68. The molecule has 1 saturated heterocycles. The van der Waals surface area contributed by atoms with Crippen molar-refractivity contribution in [2.45, 2.75) is 19.9 Å². The van der Waals surface area contributed by atoms with Crippen LogP contribution in [0, 0.1) is 6.92 Å². The highest BCUT2D eigenvalue weighted by Crippen LogP contribution is 2.14. The Morgan fingerprint density at radius 2 is 2.19 bits per heavy atom. The molecule has 1 aliphatic rings. The molecule has 0 unspecified atom stereocenters. The lowest BCUT2D eigenvalue weighted by Crippen LogP contribution is -2.35. The molecule has 0 N–H and O–H groups in total. The van der Waals surface area contributed by atoms with Gasteiger partial charge in [-0.25, -0.2) is 4.98 Å². The summed E-state index contributed by atoms with van der Waals surface area (Å²) in [6.45, 7) is 6.19. The Labute approximate surface area is 131 Å². The zero-order valence-corrected chi connectivity index (χ0v) is 13.5. The number of aryl methyl sites for hydroxylation is 1. The quantitative estimate of drug-likeness (QED) is 0.859. The van der Waals surface area contributed by atoms with Crippen molar-refractivity contribution in [3.05, 3.63) is 26.6 Å². The minimum atomic E-state index is 0.0462. The van der Waals surface area contributed by atoms with Crippen LogP contribution in [0.2, 0.25) is 0 Å². The highest BCUT2D eigenvalue weighted by atomic mass is 32.1. The molecule has 1 aliphatic heterocycles. The molecule has 1 amide bonds. The molecular weight excluding hydrogens is 306 g/mol. The fraction of sp³-hybridized carbons (Fsp3) is 0.538. The summed E-state index contributed by atoms with van der Waals surface area (Å²) in [5, 5.41) is 12.1. The first-order valence-corrected chi connectivity index (χ1v) is 8.67. The van der Waals surface area contributed by atoms with Crippen LogP contribution in [0.5, 0.6) is 0 Å². The predicted octanol–water partition coefficient (Wildman–Crippen LogP) is 1.65. The number of hydrogen-bond acceptors (Lipinski definition) is 7. The van der Waals surface area contributed by atoms with Crippen LogP contribution < -0.4 is 0 Å². The van der Waals surface area contributed by atoms with E-state index in [9.17, 15) is 4.79 Å². The number of aromatic nitrogens is 3. The SMILES string of the molecule is Cc1nnc(CN2CCCN(C(=O)c3cscn3)CC2)s1. The zero-order valence-electron chi connectivity index (χ0n) is 11.9. The zero-order chi connectivity index (χ0) is 14.7. The lowest BCUT2D eigenvalue weighted by Gasteiger charge is -2.20. The topological polar surface area (TPSA) is 62.2 Å². The van der Waals surface area contributed by atoms with Crippen LogP contribution in [0.4, 0.5) is 0 Å². The van der Waals surface area contributed by atoms with Gasteiger partial charge in [-0.15, -0.1) is 32.9 Å². The van der Waals surface area contributed by atoms with Gasteiger partial charge in [0.15, 0.2) is 0 Å². The van der Waals surface area contributed by atoms with Gasteiger partial charge in [-0.05, 0) is 13.3 Å². The average Bonchev–Trinajstić information content (AvgIpc) is 3.08. The van der Waals surface area contributed by atoms with Gasteiger partial charge in [-0.1, -0.05) is 0 Å². The standard InChI is InChI=1S/C13H17N5OS2/c1-10-15-16-12(21-10)7-17-3-2-4-18(6-5-17)13(19)11-8-20-9-14-11/h8-9H,2-7H2,1H3. The Hall–Kier alpha value is -1.38. The van der Waals surface area contributed by atoms with Crippen LogP contribution in [0.3, 0.4) is 0 Å². The third-order valence-corrected chi connectivity index (χ3v) is 4.86. The summed E-state index contributed by atoms with van der Waals surface area (Å²) in [5.74, 6) is 0.0462. The van der Waals surface area contributed by atoms with E-state index in [0.29, 0.717) is 5.69 Å². The maximum Gasteiger partial charge on any atom is 0.273 e. The van der Waals surface area contributed by atoms with E-state index in [1.165, 1.54) is 11.3 Å². The van der Waals surface area contributed by atoms with Crippen LogP contribution in [-0.4, -0.2) is 57.1 Å². The second-order valence-electron chi connectivity index (χ2n) is 5.01. The van der Waals surface area contributed by atoms with E-state index < -0.39 is 0 Å². The number of amides is 1. The summed E-state index contributed by atoms with van der Waals surface area (Å²) in [5.41, 5.74) is 2.27. The largest absolute Gasteiger partial charge is 0.336 e. The normalized spacial score (nSPS) is 16.9. The van der Waals surface area contributed by atoms with Crippen molar-refractivity contribution in [2.24, 2.45) is 0 Å². The van der Waals surface area contributed by atoms with E-state index in [1.54, 1.807) is 16.8 Å². The summed E-state index contributed by atoms with van der Waals surface area (Å²) in [4.78, 5) is 20.7. The molecule has 1 fully saturated rings. The molecule has 112 valence electrons. The summed E-state index contributed by atoms with van der Waals surface area (Å²) in [6, 6.07) is 0. The van der Waals surface area contributed by atoms with Gasteiger partial charge in [0.05, 0.1) is 12.1 Å². The van der Waals surface area contributed by atoms with E-state index in [0.717, 1.165) is 49.2 Å². The summed E-state index contributed by atoms with van der Waals surface area (Å²) in [7, 11) is 0. The molecule has 0 atom stereocenters. The first-order chi connectivity index (χ1) is 10.2. The second kappa shape index (κ2) is 6.59. The molecule has 0 bridgehead atoms. The van der Waals surface area contributed by atoms with E-state index in [-0.39, 0.29) is 5.91 Å². The van der Waals surface area contributed by atoms with Crippen LogP contribution >= 0.6 is 22.7 Å². The van der Waals surface area contributed by atoms with E-state index in [1.807, 2.05) is 17.2 Å². The Bertz CT molecular complexity index is 597. The van der Waals surface area contributed by atoms with E-state index in [2.05, 4.69) is 20.1 Å². The minimum Gasteiger partial charge on any atom is -0.336 e. The highest BCUT2D eigenvalue weighted by Gasteiger charge is 2.21. The van der Waals surface area contributed by atoms with Crippen LogP contribution in [-0.2, 0) is 6.54 Å². The van der Waals surface area contributed by atoms with Gasteiger partial charge < -0.3 is 4.90 Å². The van der Waals surface area contributed by atoms with Gasteiger partial charge in [0.2, 0.25) is 0 Å². The third-order valence-electron chi connectivity index (χ3n) is 3.45. The Morgan fingerprint density at radius 3 is 2.90 bits per heavy atom. The molecule has 2 aromatic rings. The molecule has 2 aromatic heterocycles. The minimum absolute atomic E-state index is 0.0462. The molecule has 0 spiro atoms. The number of nitrogens with zero attached hydrogens (tertiary/aromatic N) is 5. The van der Waals surface area contributed by atoms with Gasteiger partial charge in [0, 0.05) is 31.6 Å². The van der Waals surface area contributed by atoms with Crippen molar-refractivity contribution < 1.29 is 4.79 Å². The first kappa shape index (κ1) is 14.6. The molecule has 3 rings (SSSR count). The van der Waals surface area contributed by atoms with Crippen molar-refractivity contribution in [3.63, 3.8) is 0 Å². The van der Waals surface area contributed by atoms with Gasteiger partial charge in [-0.3, -0.25) is 9.69 Å². The molecular formula is C13H17N5OS2. The van der Waals surface area contributed by atoms with Gasteiger partial charge in [0.25, 0.3) is 5.91 Å². The highest BCUT2D eigenvalue weighted by molar-refractivity contribution is 7.11. The lowest BCUT2D eigenvalue weighted by molar-refractivity contribution is 0.0756. The fourth-order valence-electron chi connectivity index (χ4n) is 2.40. The molecule has 0 aromatic carbocycles. The maximum atomic E-state index is 12.3. The smallest absolute Gasteiger partial charge is 0.273 e. The predicted molar refractivity (Wildman–Crippen MR) is 82.6 cm³/mol. The van der Waals surface area contributed by atoms with Gasteiger partial charge in [-0.2, -0.15) is 0 Å². The van der Waals surface area contributed by atoms with E-state index in [4.69, 9.17) is 0 Å².